The molecule has 1 saturated heterocycles. The molecule has 0 saturated carbocycles. The zero-order chi connectivity index (χ0) is 19.8. The number of alkyl halides is 3. The van der Waals surface area contributed by atoms with Gasteiger partial charge in [-0.05, 0) is 32.7 Å². The number of halogens is 3. The van der Waals surface area contributed by atoms with E-state index in [1.807, 2.05) is 11.9 Å². The Bertz CT molecular complexity index is 731. The molecule has 2 heterocycles. The van der Waals surface area contributed by atoms with Gasteiger partial charge in [0.05, 0.1) is 0 Å². The van der Waals surface area contributed by atoms with Crippen molar-refractivity contribution in [2.24, 2.45) is 0 Å². The molecule has 7 nitrogen and oxygen atoms in total. The Balaban J connectivity index is 1.85. The normalized spacial score (nSPS) is 21.1. The average Bonchev–Trinajstić information content (AvgIpc) is 3.00. The van der Waals surface area contributed by atoms with Gasteiger partial charge in [0.15, 0.2) is 5.69 Å². The quantitative estimate of drug-likeness (QED) is 0.828. The Morgan fingerprint density at radius 2 is 1.93 bits per heavy atom. The van der Waals surface area contributed by atoms with Crippen molar-refractivity contribution in [1.82, 2.24) is 24.9 Å². The van der Waals surface area contributed by atoms with Crippen LogP contribution in [0, 0.1) is 0 Å². The van der Waals surface area contributed by atoms with E-state index in [-0.39, 0.29) is 23.9 Å². The van der Waals surface area contributed by atoms with E-state index in [2.05, 4.69) is 10.4 Å². The summed E-state index contributed by atoms with van der Waals surface area (Å²) in [5.74, 6) is -0.672. The third-order valence-electron chi connectivity index (χ3n) is 5.26. The van der Waals surface area contributed by atoms with Crippen LogP contribution >= 0.6 is 0 Å². The minimum absolute atomic E-state index is 0.211. The Morgan fingerprint density at radius 3 is 2.59 bits per heavy atom. The summed E-state index contributed by atoms with van der Waals surface area (Å²) in [6.07, 6.45) is -2.26. The van der Waals surface area contributed by atoms with Crippen LogP contribution in [0.1, 0.15) is 29.8 Å². The van der Waals surface area contributed by atoms with E-state index in [0.717, 1.165) is 6.42 Å². The molecule has 0 spiro atoms. The second-order valence-corrected chi connectivity index (χ2v) is 7.12. The molecule has 27 heavy (non-hydrogen) atoms. The molecule has 0 bridgehead atoms. The molecule has 3 rings (SSSR count). The van der Waals surface area contributed by atoms with Gasteiger partial charge in [0.25, 0.3) is 0 Å². The number of amides is 2. The summed E-state index contributed by atoms with van der Waals surface area (Å²) < 4.78 is 41.1. The van der Waals surface area contributed by atoms with Crippen LogP contribution in [0.15, 0.2) is 0 Å². The lowest BCUT2D eigenvalue weighted by molar-refractivity contribution is -0.145. The van der Waals surface area contributed by atoms with E-state index in [4.69, 9.17) is 0 Å². The Kier molecular flexibility index (Phi) is 5.45. The summed E-state index contributed by atoms with van der Waals surface area (Å²) in [4.78, 5) is 28.4. The minimum atomic E-state index is -4.53. The van der Waals surface area contributed by atoms with E-state index in [1.54, 1.807) is 0 Å². The van der Waals surface area contributed by atoms with Crippen molar-refractivity contribution in [2.45, 2.75) is 44.4 Å². The maximum atomic E-state index is 13.3. The van der Waals surface area contributed by atoms with Gasteiger partial charge in [0.2, 0.25) is 11.8 Å². The number of carbonyl (C=O) groups excluding carboxylic acids is 2. The molecule has 1 aromatic heterocycles. The van der Waals surface area contributed by atoms with Crippen molar-refractivity contribution in [3.8, 4) is 0 Å². The molecule has 10 heteroatoms. The number of rotatable bonds is 3. The minimum Gasteiger partial charge on any atom is -0.357 e. The molecule has 1 aromatic rings. The van der Waals surface area contributed by atoms with Gasteiger partial charge in [-0.25, -0.2) is 0 Å². The molecule has 1 atom stereocenters. The molecule has 1 fully saturated rings. The van der Waals surface area contributed by atoms with Gasteiger partial charge >= 0.3 is 6.18 Å². The molecule has 150 valence electrons. The molecule has 1 aliphatic heterocycles. The highest BCUT2D eigenvalue weighted by atomic mass is 19.4. The average molecular weight is 387 g/mol. The zero-order valence-corrected chi connectivity index (χ0v) is 15.5. The lowest BCUT2D eigenvalue weighted by Crippen LogP contribution is -2.60. The number of likely N-dealkylation sites (N-methyl/N-ethyl adjacent to an activating group) is 2. The Morgan fingerprint density at radius 1 is 1.22 bits per heavy atom. The summed E-state index contributed by atoms with van der Waals surface area (Å²) >= 11 is 0. The van der Waals surface area contributed by atoms with Crippen LogP contribution < -0.4 is 5.32 Å². The van der Waals surface area contributed by atoms with Crippen LogP contribution in [0.4, 0.5) is 13.2 Å². The molecule has 0 aromatic carbocycles. The number of hydrogen-bond acceptors (Lipinski definition) is 4. The number of carbonyl (C=O) groups is 2. The molecular formula is C17H24F3N5O2. The van der Waals surface area contributed by atoms with Gasteiger partial charge < -0.3 is 15.1 Å². The monoisotopic (exact) mass is 387 g/mol. The van der Waals surface area contributed by atoms with Gasteiger partial charge in [-0.2, -0.15) is 18.3 Å². The zero-order valence-electron chi connectivity index (χ0n) is 15.5. The predicted octanol–water partition coefficient (Wildman–Crippen LogP) is 0.669. The van der Waals surface area contributed by atoms with Crippen LogP contribution in [0.2, 0.25) is 0 Å². The van der Waals surface area contributed by atoms with Gasteiger partial charge in [-0.15, -0.1) is 0 Å². The molecule has 1 aliphatic carbocycles. The second kappa shape index (κ2) is 7.49. The maximum Gasteiger partial charge on any atom is 0.435 e. The lowest BCUT2D eigenvalue weighted by atomic mass is 9.95. The fourth-order valence-corrected chi connectivity index (χ4v) is 3.86. The van der Waals surface area contributed by atoms with Crippen molar-refractivity contribution in [2.75, 3.05) is 33.7 Å². The summed E-state index contributed by atoms with van der Waals surface area (Å²) in [5.41, 5.74) is -0.179. The topological polar surface area (TPSA) is 70.5 Å². The number of hydrogen-bond donors (Lipinski definition) is 1. The molecule has 1 unspecified atom stereocenters. The molecule has 2 aliphatic rings. The van der Waals surface area contributed by atoms with Crippen LogP contribution in [-0.4, -0.2) is 71.2 Å². The SMILES string of the molecule is CNC(=O)C1CN(C)CCN1C(=O)Cn1nc(C(F)(F)F)c2c1CCCC2. The van der Waals surface area contributed by atoms with Crippen LogP contribution in [0.25, 0.3) is 0 Å². The molecular weight excluding hydrogens is 363 g/mol. The molecule has 2 amide bonds. The first kappa shape index (κ1) is 19.7. The number of nitrogens with one attached hydrogen (secondary N) is 1. The number of aromatic nitrogens is 2. The molecule has 0 radical (unpaired) electrons. The fourth-order valence-electron chi connectivity index (χ4n) is 3.86. The van der Waals surface area contributed by atoms with Crippen molar-refractivity contribution in [1.29, 1.82) is 0 Å². The molecule has 1 N–H and O–H groups in total. The van der Waals surface area contributed by atoms with Crippen molar-refractivity contribution >= 4 is 11.8 Å². The van der Waals surface area contributed by atoms with Gasteiger partial charge in [-0.1, -0.05) is 0 Å². The maximum absolute atomic E-state index is 13.3. The largest absolute Gasteiger partial charge is 0.435 e. The van der Waals surface area contributed by atoms with E-state index in [9.17, 15) is 22.8 Å². The summed E-state index contributed by atoms with van der Waals surface area (Å²) in [6.45, 7) is 1.05. The number of piperazine rings is 1. The summed E-state index contributed by atoms with van der Waals surface area (Å²) in [6, 6.07) is -0.658. The second-order valence-electron chi connectivity index (χ2n) is 7.12. The fraction of sp³-hybridized carbons (Fsp3) is 0.706. The Labute approximate surface area is 155 Å². The smallest absolute Gasteiger partial charge is 0.357 e. The van der Waals surface area contributed by atoms with Crippen molar-refractivity contribution < 1.29 is 22.8 Å². The standard InChI is InChI=1S/C17H24F3N5O2/c1-21-16(27)13-9-23(2)7-8-24(13)14(26)10-25-12-6-4-3-5-11(12)15(22-25)17(18,19)20/h13H,3-10H2,1-2H3,(H,21,27). The van der Waals surface area contributed by atoms with E-state index < -0.39 is 17.9 Å². The van der Waals surface area contributed by atoms with E-state index >= 15 is 0 Å². The Hall–Kier alpha value is -2.10. The number of fused-ring (bicyclic) bond motifs is 1. The van der Waals surface area contributed by atoms with Gasteiger partial charge in [0.1, 0.15) is 12.6 Å². The van der Waals surface area contributed by atoms with Gasteiger partial charge in [0, 0.05) is 37.9 Å². The highest BCUT2D eigenvalue weighted by molar-refractivity contribution is 5.88. The third kappa shape index (κ3) is 3.95. The highest BCUT2D eigenvalue weighted by Crippen LogP contribution is 2.35. The third-order valence-corrected chi connectivity index (χ3v) is 5.26. The predicted molar refractivity (Wildman–Crippen MR) is 90.9 cm³/mol. The summed E-state index contributed by atoms with van der Waals surface area (Å²) in [5, 5.41) is 6.28. The first-order valence-electron chi connectivity index (χ1n) is 9.07. The summed E-state index contributed by atoms with van der Waals surface area (Å²) in [7, 11) is 3.36. The van der Waals surface area contributed by atoms with E-state index in [0.29, 0.717) is 44.6 Å². The lowest BCUT2D eigenvalue weighted by Gasteiger charge is -2.38. The van der Waals surface area contributed by atoms with E-state index in [1.165, 1.54) is 16.6 Å². The number of nitrogens with zero attached hydrogens (tertiary/aromatic N) is 4. The first-order chi connectivity index (χ1) is 12.7. The van der Waals surface area contributed by atoms with Crippen LogP contribution in [0.3, 0.4) is 0 Å². The van der Waals surface area contributed by atoms with Crippen LogP contribution in [0.5, 0.6) is 0 Å². The van der Waals surface area contributed by atoms with Crippen LogP contribution in [-0.2, 0) is 35.2 Å². The van der Waals surface area contributed by atoms with Crippen molar-refractivity contribution in [3.63, 3.8) is 0 Å². The van der Waals surface area contributed by atoms with Crippen molar-refractivity contribution in [3.05, 3.63) is 17.0 Å². The highest BCUT2D eigenvalue weighted by Gasteiger charge is 2.40. The van der Waals surface area contributed by atoms with Gasteiger partial charge in [-0.3, -0.25) is 14.3 Å². The first-order valence-corrected chi connectivity index (χ1v) is 9.07.